The van der Waals surface area contributed by atoms with Crippen LogP contribution in [0.3, 0.4) is 0 Å². The van der Waals surface area contributed by atoms with Crippen LogP contribution in [0.15, 0.2) is 12.1 Å². The molecule has 0 spiro atoms. The lowest BCUT2D eigenvalue weighted by Crippen LogP contribution is -2.51. The third kappa shape index (κ3) is 3.15. The highest BCUT2D eigenvalue weighted by molar-refractivity contribution is 5.82. The summed E-state index contributed by atoms with van der Waals surface area (Å²) in [5, 5.41) is 3.02. The van der Waals surface area contributed by atoms with E-state index >= 15 is 0 Å². The van der Waals surface area contributed by atoms with Crippen LogP contribution in [0.2, 0.25) is 0 Å². The lowest BCUT2D eigenvalue weighted by Gasteiger charge is -2.32. The first-order chi connectivity index (χ1) is 9.26. The first-order valence-electron chi connectivity index (χ1n) is 6.58. The van der Waals surface area contributed by atoms with Gasteiger partial charge in [0, 0.05) is 11.6 Å². The van der Waals surface area contributed by atoms with Crippen molar-refractivity contribution < 1.29 is 18.3 Å². The average molecular weight is 285 g/mol. The van der Waals surface area contributed by atoms with E-state index < -0.39 is 23.1 Å². The van der Waals surface area contributed by atoms with Crippen LogP contribution < -0.4 is 5.32 Å². The maximum absolute atomic E-state index is 14.2. The van der Waals surface area contributed by atoms with E-state index in [-0.39, 0.29) is 17.2 Å². The zero-order valence-electron chi connectivity index (χ0n) is 12.5. The van der Waals surface area contributed by atoms with Crippen molar-refractivity contribution in [3.8, 4) is 0 Å². The number of hydrogen-bond donors (Lipinski definition) is 1. The normalized spacial score (nSPS) is 15.6. The van der Waals surface area contributed by atoms with Gasteiger partial charge >= 0.3 is 5.97 Å². The molecule has 0 saturated heterocycles. The topological polar surface area (TPSA) is 38.3 Å². The molecule has 0 aliphatic rings. The van der Waals surface area contributed by atoms with Gasteiger partial charge in [0.25, 0.3) is 0 Å². The molecule has 0 aliphatic carbocycles. The van der Waals surface area contributed by atoms with Crippen LogP contribution in [-0.4, -0.2) is 19.1 Å². The maximum atomic E-state index is 14.2. The molecule has 0 bridgehead atoms. The molecule has 0 saturated carbocycles. The highest BCUT2D eigenvalue weighted by Crippen LogP contribution is 2.28. The van der Waals surface area contributed by atoms with Crippen molar-refractivity contribution in [1.29, 1.82) is 0 Å². The number of carbonyl (C=O) groups is 1. The van der Waals surface area contributed by atoms with E-state index in [1.807, 2.05) is 13.8 Å². The van der Waals surface area contributed by atoms with E-state index in [1.54, 1.807) is 0 Å². The molecule has 3 nitrogen and oxygen atoms in total. The van der Waals surface area contributed by atoms with Crippen LogP contribution in [-0.2, 0) is 15.1 Å². The minimum atomic E-state index is -1.43. The summed E-state index contributed by atoms with van der Waals surface area (Å²) in [5.41, 5.74) is -1.28. The van der Waals surface area contributed by atoms with Gasteiger partial charge in [-0.25, -0.2) is 13.6 Å². The van der Waals surface area contributed by atoms with E-state index in [9.17, 15) is 13.6 Å². The Hall–Kier alpha value is -1.49. The van der Waals surface area contributed by atoms with Gasteiger partial charge in [-0.15, -0.1) is 0 Å². The summed E-state index contributed by atoms with van der Waals surface area (Å²) in [4.78, 5) is 12.1. The number of ether oxygens (including phenoxy) is 1. The third-order valence-electron chi connectivity index (χ3n) is 3.53. The number of hydrogen-bond acceptors (Lipinski definition) is 3. The summed E-state index contributed by atoms with van der Waals surface area (Å²) in [6, 6.07) is 2.09. The molecule has 2 unspecified atom stereocenters. The Balaban J connectivity index is 3.37. The molecule has 0 amide bonds. The van der Waals surface area contributed by atoms with Gasteiger partial charge in [0.2, 0.25) is 0 Å². The molecule has 2 atom stereocenters. The SMILES string of the molecule is CCC(C)NC(C)(C(=O)OC)c1cc(F)c(C)cc1F. The van der Waals surface area contributed by atoms with Crippen LogP contribution in [0.5, 0.6) is 0 Å². The second-order valence-electron chi connectivity index (χ2n) is 5.15. The van der Waals surface area contributed by atoms with Gasteiger partial charge in [-0.1, -0.05) is 6.92 Å². The van der Waals surface area contributed by atoms with Crippen molar-refractivity contribution in [3.63, 3.8) is 0 Å². The number of carbonyl (C=O) groups excluding carboxylic acids is 1. The minimum Gasteiger partial charge on any atom is -0.467 e. The van der Waals surface area contributed by atoms with Gasteiger partial charge in [0.1, 0.15) is 17.2 Å². The molecule has 0 aliphatic heterocycles. The Morgan fingerprint density at radius 1 is 1.40 bits per heavy atom. The Labute approximate surface area is 118 Å². The van der Waals surface area contributed by atoms with Crippen LogP contribution in [0.4, 0.5) is 8.78 Å². The highest BCUT2D eigenvalue weighted by Gasteiger charge is 2.39. The van der Waals surface area contributed by atoms with Crippen LogP contribution in [0.25, 0.3) is 0 Å². The molecular weight excluding hydrogens is 264 g/mol. The number of halogens is 2. The first kappa shape index (κ1) is 16.6. The smallest absolute Gasteiger partial charge is 0.330 e. The number of nitrogens with one attached hydrogen (secondary N) is 1. The molecule has 1 N–H and O–H groups in total. The maximum Gasteiger partial charge on any atom is 0.330 e. The summed E-state index contributed by atoms with van der Waals surface area (Å²) >= 11 is 0. The number of esters is 1. The molecule has 0 fully saturated rings. The molecule has 1 aromatic carbocycles. The summed E-state index contributed by atoms with van der Waals surface area (Å²) < 4.78 is 32.6. The van der Waals surface area contributed by atoms with Gasteiger partial charge in [-0.3, -0.25) is 5.32 Å². The standard InChI is InChI=1S/C15H21F2NO2/c1-6-10(3)18-15(4,14(19)20-5)11-8-12(16)9(2)7-13(11)17/h7-8,10,18H,6H2,1-5H3. The zero-order valence-corrected chi connectivity index (χ0v) is 12.5. The molecule has 5 heteroatoms. The lowest BCUT2D eigenvalue weighted by molar-refractivity contribution is -0.148. The van der Waals surface area contributed by atoms with Gasteiger partial charge < -0.3 is 4.74 Å². The fourth-order valence-electron chi connectivity index (χ4n) is 2.08. The fourth-order valence-corrected chi connectivity index (χ4v) is 2.08. The molecular formula is C15H21F2NO2. The van der Waals surface area contributed by atoms with Crippen molar-refractivity contribution in [3.05, 3.63) is 34.9 Å². The van der Waals surface area contributed by atoms with Crippen molar-refractivity contribution in [1.82, 2.24) is 5.32 Å². The summed E-state index contributed by atoms with van der Waals surface area (Å²) in [6.07, 6.45) is 0.739. The number of benzene rings is 1. The Morgan fingerprint density at radius 2 is 2.00 bits per heavy atom. The van der Waals surface area contributed by atoms with E-state index in [0.717, 1.165) is 18.6 Å². The van der Waals surface area contributed by atoms with E-state index in [4.69, 9.17) is 4.74 Å². The summed E-state index contributed by atoms with van der Waals surface area (Å²) in [5.74, 6) is -1.84. The predicted molar refractivity (Wildman–Crippen MR) is 73.4 cm³/mol. The van der Waals surface area contributed by atoms with Gasteiger partial charge in [0.05, 0.1) is 7.11 Å². The third-order valence-corrected chi connectivity index (χ3v) is 3.53. The second-order valence-corrected chi connectivity index (χ2v) is 5.15. The molecule has 1 rings (SSSR count). The fraction of sp³-hybridized carbons (Fsp3) is 0.533. The average Bonchev–Trinajstić information content (AvgIpc) is 2.41. The minimum absolute atomic E-state index is 0.0484. The van der Waals surface area contributed by atoms with E-state index in [0.29, 0.717) is 0 Å². The van der Waals surface area contributed by atoms with Gasteiger partial charge in [0.15, 0.2) is 0 Å². The number of methoxy groups -OCH3 is 1. The predicted octanol–water partition coefficient (Wildman–Crippen LogP) is 3.05. The van der Waals surface area contributed by atoms with Gasteiger partial charge in [-0.2, -0.15) is 0 Å². The van der Waals surface area contributed by atoms with Crippen molar-refractivity contribution in [2.45, 2.75) is 45.7 Å². The van der Waals surface area contributed by atoms with Gasteiger partial charge in [-0.05, 0) is 44.9 Å². The molecule has 112 valence electrons. The van der Waals surface area contributed by atoms with Crippen LogP contribution >= 0.6 is 0 Å². The van der Waals surface area contributed by atoms with E-state index in [2.05, 4.69) is 5.32 Å². The van der Waals surface area contributed by atoms with Crippen molar-refractivity contribution in [2.24, 2.45) is 0 Å². The quantitative estimate of drug-likeness (QED) is 0.845. The molecule has 20 heavy (non-hydrogen) atoms. The lowest BCUT2D eigenvalue weighted by atomic mass is 9.89. The monoisotopic (exact) mass is 285 g/mol. The molecule has 0 radical (unpaired) electrons. The van der Waals surface area contributed by atoms with Crippen LogP contribution in [0.1, 0.15) is 38.3 Å². The number of rotatable bonds is 5. The number of aryl methyl sites for hydroxylation is 1. The van der Waals surface area contributed by atoms with Crippen molar-refractivity contribution in [2.75, 3.05) is 7.11 Å². The summed E-state index contributed by atoms with van der Waals surface area (Å²) in [6.45, 7) is 6.77. The molecule has 1 aromatic rings. The molecule has 0 heterocycles. The highest BCUT2D eigenvalue weighted by atomic mass is 19.1. The van der Waals surface area contributed by atoms with E-state index in [1.165, 1.54) is 21.0 Å². The molecule has 0 aromatic heterocycles. The summed E-state index contributed by atoms with van der Waals surface area (Å²) in [7, 11) is 1.22. The Bertz CT molecular complexity index is 505. The largest absolute Gasteiger partial charge is 0.467 e. The zero-order chi connectivity index (χ0) is 15.5. The van der Waals surface area contributed by atoms with Crippen molar-refractivity contribution >= 4 is 5.97 Å². The van der Waals surface area contributed by atoms with Crippen LogP contribution in [0, 0.1) is 18.6 Å². The second kappa shape index (κ2) is 6.31. The first-order valence-corrected chi connectivity index (χ1v) is 6.58. The Kier molecular flexibility index (Phi) is 5.22. The Morgan fingerprint density at radius 3 is 2.50 bits per heavy atom.